The average Bonchev–Trinajstić information content (AvgIpc) is 2.31. The van der Waals surface area contributed by atoms with Crippen molar-refractivity contribution in [2.24, 2.45) is 0 Å². The largest absolute Gasteiger partial charge is 0.466 e. The second-order valence-electron chi connectivity index (χ2n) is 2.80. The minimum absolute atomic E-state index is 0.123. The molecule has 84 valence electrons. The van der Waals surface area contributed by atoms with E-state index in [1.165, 1.54) is 0 Å². The molecule has 0 aliphatic heterocycles. The van der Waals surface area contributed by atoms with Gasteiger partial charge >= 0.3 is 5.97 Å². The van der Waals surface area contributed by atoms with Crippen molar-refractivity contribution in [3.05, 3.63) is 35.9 Å². The Balaban J connectivity index is 0.000000265. The molecule has 1 aromatic carbocycles. The molecule has 1 aromatic rings. The van der Waals surface area contributed by atoms with Gasteiger partial charge in [-0.2, -0.15) is 0 Å². The van der Waals surface area contributed by atoms with Gasteiger partial charge in [0.05, 0.1) is 13.2 Å². The van der Waals surface area contributed by atoms with E-state index in [2.05, 4.69) is 4.74 Å². The summed E-state index contributed by atoms with van der Waals surface area (Å²) in [5.74, 6) is -0.123. The molecule has 0 bridgehead atoms. The Kier molecular flexibility index (Phi) is 8.39. The number of ether oxygens (including phenoxy) is 1. The fraction of sp³-hybridized carbons (Fsp3) is 0.417. The van der Waals surface area contributed by atoms with Crippen LogP contribution in [-0.2, 0) is 16.1 Å². The molecule has 0 saturated heterocycles. The Morgan fingerprint density at radius 3 is 2.13 bits per heavy atom. The highest BCUT2D eigenvalue weighted by molar-refractivity contribution is 5.68. The molecule has 0 amide bonds. The normalized spacial score (nSPS) is 8.73. The predicted octanol–water partition coefficient (Wildman–Crippen LogP) is 2.14. The maximum atomic E-state index is 10.2. The van der Waals surface area contributed by atoms with Gasteiger partial charge in [0.2, 0.25) is 0 Å². The lowest BCUT2D eigenvalue weighted by molar-refractivity contribution is -0.142. The third-order valence-electron chi connectivity index (χ3n) is 1.62. The Bertz CT molecular complexity index is 257. The molecule has 0 unspecified atom stereocenters. The van der Waals surface area contributed by atoms with E-state index in [0.717, 1.165) is 5.56 Å². The number of aliphatic hydroxyl groups is 1. The monoisotopic (exact) mass is 210 g/mol. The Labute approximate surface area is 90.7 Å². The number of aliphatic hydroxyl groups excluding tert-OH is 1. The molecular weight excluding hydrogens is 192 g/mol. The van der Waals surface area contributed by atoms with Crippen LogP contribution in [0.25, 0.3) is 0 Å². The van der Waals surface area contributed by atoms with Crippen LogP contribution in [0.1, 0.15) is 25.8 Å². The average molecular weight is 210 g/mol. The smallest absolute Gasteiger partial charge is 0.305 e. The van der Waals surface area contributed by atoms with Gasteiger partial charge in [-0.25, -0.2) is 0 Å². The highest BCUT2D eigenvalue weighted by atomic mass is 16.5. The summed E-state index contributed by atoms with van der Waals surface area (Å²) in [7, 11) is 0. The summed E-state index contributed by atoms with van der Waals surface area (Å²) in [5.41, 5.74) is 0.965. The first-order valence-corrected chi connectivity index (χ1v) is 5.05. The van der Waals surface area contributed by atoms with E-state index < -0.39 is 0 Å². The van der Waals surface area contributed by atoms with Crippen LogP contribution in [0.3, 0.4) is 0 Å². The maximum Gasteiger partial charge on any atom is 0.305 e. The van der Waals surface area contributed by atoms with Crippen molar-refractivity contribution in [1.82, 2.24) is 0 Å². The second-order valence-corrected chi connectivity index (χ2v) is 2.80. The van der Waals surface area contributed by atoms with Crippen LogP contribution in [0.5, 0.6) is 0 Å². The van der Waals surface area contributed by atoms with Gasteiger partial charge in [0.1, 0.15) is 0 Å². The van der Waals surface area contributed by atoms with E-state index in [4.69, 9.17) is 5.11 Å². The van der Waals surface area contributed by atoms with Gasteiger partial charge in [-0.15, -0.1) is 0 Å². The van der Waals surface area contributed by atoms with Gasteiger partial charge in [0.15, 0.2) is 0 Å². The minimum atomic E-state index is -0.123. The van der Waals surface area contributed by atoms with Crippen LogP contribution >= 0.6 is 0 Å². The summed E-state index contributed by atoms with van der Waals surface area (Å²) in [5, 5.41) is 8.54. The predicted molar refractivity (Wildman–Crippen MR) is 59.3 cm³/mol. The van der Waals surface area contributed by atoms with E-state index in [9.17, 15) is 4.79 Å². The standard InChI is InChI=1S/C7H8O.C5H10O2/c8-6-7-4-2-1-3-5-7;1-3-5(6)7-4-2/h1-5,8H,6H2;3-4H2,1-2H3. The lowest BCUT2D eigenvalue weighted by Crippen LogP contribution is -2.00. The fourth-order valence-corrected chi connectivity index (χ4v) is 0.846. The van der Waals surface area contributed by atoms with Crippen molar-refractivity contribution in [2.45, 2.75) is 26.9 Å². The maximum absolute atomic E-state index is 10.2. The lowest BCUT2D eigenvalue weighted by atomic mass is 10.2. The molecule has 3 heteroatoms. The first-order chi connectivity index (χ1) is 7.24. The zero-order valence-electron chi connectivity index (χ0n) is 9.27. The summed E-state index contributed by atoms with van der Waals surface area (Å²) < 4.78 is 4.55. The minimum Gasteiger partial charge on any atom is -0.466 e. The van der Waals surface area contributed by atoms with Crippen LogP contribution in [0.15, 0.2) is 30.3 Å². The highest BCUT2D eigenvalue weighted by Crippen LogP contribution is 1.95. The Hall–Kier alpha value is -1.35. The van der Waals surface area contributed by atoms with Gasteiger partial charge in [-0.05, 0) is 12.5 Å². The summed E-state index contributed by atoms with van der Waals surface area (Å²) >= 11 is 0. The number of carbonyl (C=O) groups is 1. The summed E-state index contributed by atoms with van der Waals surface area (Å²) in [6.07, 6.45) is 0.480. The quantitative estimate of drug-likeness (QED) is 0.777. The zero-order chi connectivity index (χ0) is 11.5. The first kappa shape index (κ1) is 13.7. The molecule has 0 aliphatic carbocycles. The van der Waals surface area contributed by atoms with Crippen LogP contribution < -0.4 is 0 Å². The molecule has 1 rings (SSSR count). The zero-order valence-corrected chi connectivity index (χ0v) is 9.27. The van der Waals surface area contributed by atoms with Crippen LogP contribution in [0, 0.1) is 0 Å². The highest BCUT2D eigenvalue weighted by Gasteiger charge is 1.91. The lowest BCUT2D eigenvalue weighted by Gasteiger charge is -1.93. The fourth-order valence-electron chi connectivity index (χ4n) is 0.846. The molecule has 0 saturated carbocycles. The molecular formula is C12H18O3. The molecule has 3 nitrogen and oxygen atoms in total. The SMILES string of the molecule is CCOC(=O)CC.OCc1ccccc1. The van der Waals surface area contributed by atoms with Crippen molar-refractivity contribution in [1.29, 1.82) is 0 Å². The van der Waals surface area contributed by atoms with E-state index in [-0.39, 0.29) is 12.6 Å². The van der Waals surface area contributed by atoms with E-state index in [1.54, 1.807) is 13.8 Å². The summed E-state index contributed by atoms with van der Waals surface area (Å²) in [6, 6.07) is 9.52. The third kappa shape index (κ3) is 7.70. The molecule has 1 N–H and O–H groups in total. The van der Waals surface area contributed by atoms with Crippen molar-refractivity contribution < 1.29 is 14.6 Å². The van der Waals surface area contributed by atoms with Crippen molar-refractivity contribution in [3.8, 4) is 0 Å². The number of esters is 1. The van der Waals surface area contributed by atoms with Crippen LogP contribution in [-0.4, -0.2) is 17.7 Å². The van der Waals surface area contributed by atoms with Gasteiger partial charge in [-0.3, -0.25) is 4.79 Å². The van der Waals surface area contributed by atoms with Gasteiger partial charge < -0.3 is 9.84 Å². The van der Waals surface area contributed by atoms with E-state index >= 15 is 0 Å². The molecule has 0 atom stereocenters. The van der Waals surface area contributed by atoms with Gasteiger partial charge in [0.25, 0.3) is 0 Å². The summed E-state index contributed by atoms with van der Waals surface area (Å²) in [6.45, 7) is 4.21. The van der Waals surface area contributed by atoms with Gasteiger partial charge in [-0.1, -0.05) is 37.3 Å². The molecule has 0 heterocycles. The second kappa shape index (κ2) is 9.21. The van der Waals surface area contributed by atoms with Crippen LogP contribution in [0.4, 0.5) is 0 Å². The first-order valence-electron chi connectivity index (χ1n) is 5.05. The third-order valence-corrected chi connectivity index (χ3v) is 1.62. The van der Waals surface area contributed by atoms with Gasteiger partial charge in [0, 0.05) is 6.42 Å². The topological polar surface area (TPSA) is 46.5 Å². The van der Waals surface area contributed by atoms with Crippen molar-refractivity contribution >= 4 is 5.97 Å². The van der Waals surface area contributed by atoms with Crippen molar-refractivity contribution in [2.75, 3.05) is 6.61 Å². The number of hydrogen-bond acceptors (Lipinski definition) is 3. The Morgan fingerprint density at radius 2 is 1.87 bits per heavy atom. The summed E-state index contributed by atoms with van der Waals surface area (Å²) in [4.78, 5) is 10.2. The molecule has 0 aromatic heterocycles. The van der Waals surface area contributed by atoms with Crippen molar-refractivity contribution in [3.63, 3.8) is 0 Å². The number of benzene rings is 1. The van der Waals surface area contributed by atoms with Crippen LogP contribution in [0.2, 0.25) is 0 Å². The molecule has 0 aliphatic rings. The molecule has 15 heavy (non-hydrogen) atoms. The number of hydrogen-bond donors (Lipinski definition) is 1. The molecule has 0 spiro atoms. The number of rotatable bonds is 3. The Morgan fingerprint density at radius 1 is 1.27 bits per heavy atom. The molecule has 0 radical (unpaired) electrons. The number of carbonyl (C=O) groups excluding carboxylic acids is 1. The van der Waals surface area contributed by atoms with E-state index in [1.807, 2.05) is 30.3 Å². The van der Waals surface area contributed by atoms with E-state index in [0.29, 0.717) is 13.0 Å². The molecule has 0 fully saturated rings.